The summed E-state index contributed by atoms with van der Waals surface area (Å²) in [6.45, 7) is 8.81. The molecule has 2 aromatic carbocycles. The van der Waals surface area contributed by atoms with Crippen LogP contribution < -0.4 is 20.7 Å². The molecule has 12 heteroatoms. The number of benzene rings is 2. The smallest absolute Gasteiger partial charge is 0.251 e. The molecule has 5 rings (SSSR count). The van der Waals surface area contributed by atoms with E-state index >= 15 is 0 Å². The first-order valence-electron chi connectivity index (χ1n) is 14.7. The summed E-state index contributed by atoms with van der Waals surface area (Å²) >= 11 is 6.63. The third-order valence-electron chi connectivity index (χ3n) is 7.54. The van der Waals surface area contributed by atoms with E-state index in [0.717, 1.165) is 49.7 Å². The highest BCUT2D eigenvalue weighted by molar-refractivity contribution is 7.91. The Balaban J connectivity index is 1.29. The number of carbonyl (C=O) groups excluding carboxylic acids is 1. The Hall–Kier alpha value is -3.67. The number of ether oxygens (including phenoxy) is 1. The Kier molecular flexibility index (Phi) is 9.48. The van der Waals surface area contributed by atoms with Crippen LogP contribution in [0.25, 0.3) is 6.08 Å². The molecule has 2 aliphatic heterocycles. The van der Waals surface area contributed by atoms with Crippen LogP contribution in [-0.4, -0.2) is 72.4 Å². The van der Waals surface area contributed by atoms with Gasteiger partial charge in [-0.3, -0.25) is 9.69 Å². The van der Waals surface area contributed by atoms with E-state index in [-0.39, 0.29) is 16.7 Å². The lowest BCUT2D eigenvalue weighted by atomic mass is 10.1. The second-order valence-corrected chi connectivity index (χ2v) is 15.1. The monoisotopic (exact) mass is 638 g/mol. The Labute approximate surface area is 264 Å². The van der Waals surface area contributed by atoms with Gasteiger partial charge in [0, 0.05) is 36.1 Å². The van der Waals surface area contributed by atoms with Crippen molar-refractivity contribution in [3.63, 3.8) is 0 Å². The molecule has 0 aliphatic carbocycles. The standard InChI is InChI=1S/C32H39ClN6O4S/c1-32(2,3)38-31(40)22-6-5-7-24(17-22)43-28-9-8-23(18-27(28)33)37-30-26-16-21(10-13-34-29(26)35-20-36-30)19-39-14-11-25(12-15-39)44(4,41)42/h5-9,16-18,20,25H,10-15,19H2,1-4H3,(H,38,40)(H2,34,35,36,37). The number of sulfone groups is 1. The highest BCUT2D eigenvalue weighted by Crippen LogP contribution is 2.35. The predicted molar refractivity (Wildman–Crippen MR) is 176 cm³/mol. The third kappa shape index (κ3) is 8.28. The average molecular weight is 639 g/mol. The highest BCUT2D eigenvalue weighted by atomic mass is 35.5. The minimum Gasteiger partial charge on any atom is -0.456 e. The van der Waals surface area contributed by atoms with Crippen molar-refractivity contribution in [1.29, 1.82) is 0 Å². The molecule has 10 nitrogen and oxygen atoms in total. The van der Waals surface area contributed by atoms with Gasteiger partial charge in [0.1, 0.15) is 39.3 Å². The molecule has 3 aromatic rings. The summed E-state index contributed by atoms with van der Waals surface area (Å²) in [6.07, 6.45) is 7.15. The summed E-state index contributed by atoms with van der Waals surface area (Å²) < 4.78 is 30.0. The lowest BCUT2D eigenvalue weighted by molar-refractivity contribution is 0.0919. The van der Waals surface area contributed by atoms with E-state index in [1.54, 1.807) is 36.4 Å². The Bertz CT molecular complexity index is 1660. The van der Waals surface area contributed by atoms with Crippen molar-refractivity contribution < 1.29 is 17.9 Å². The van der Waals surface area contributed by atoms with Crippen molar-refractivity contribution in [2.45, 2.75) is 50.8 Å². The van der Waals surface area contributed by atoms with E-state index < -0.39 is 9.84 Å². The number of nitrogens with one attached hydrogen (secondary N) is 3. The van der Waals surface area contributed by atoms with Crippen LogP contribution in [0.15, 0.2) is 54.4 Å². The summed E-state index contributed by atoms with van der Waals surface area (Å²) in [7, 11) is -3.00. The number of halogens is 1. The van der Waals surface area contributed by atoms with Gasteiger partial charge in [-0.2, -0.15) is 0 Å². The molecule has 1 amide bonds. The fourth-order valence-corrected chi connectivity index (χ4v) is 6.62. The zero-order valence-electron chi connectivity index (χ0n) is 25.5. The van der Waals surface area contributed by atoms with Gasteiger partial charge in [0.05, 0.1) is 15.8 Å². The number of carbonyl (C=O) groups is 1. The number of hydrogen-bond donors (Lipinski definition) is 3. The van der Waals surface area contributed by atoms with E-state index in [0.29, 0.717) is 40.7 Å². The number of anilines is 3. The van der Waals surface area contributed by atoms with Crippen LogP contribution in [0.1, 0.15) is 56.0 Å². The minimum absolute atomic E-state index is 0.180. The maximum absolute atomic E-state index is 12.6. The number of piperidine rings is 1. The topological polar surface area (TPSA) is 126 Å². The number of nitrogens with zero attached hydrogens (tertiary/aromatic N) is 3. The molecule has 1 fully saturated rings. The number of fused-ring (bicyclic) bond motifs is 1. The maximum atomic E-state index is 12.6. The first-order valence-corrected chi connectivity index (χ1v) is 17.0. The van der Waals surface area contributed by atoms with E-state index in [1.807, 2.05) is 26.8 Å². The minimum atomic E-state index is -3.00. The SMILES string of the molecule is CC(C)(C)NC(=O)c1cccc(Oc2ccc(Nc3ncnc4c3C=C(CN3CCC(S(C)(=O)=O)CC3)CCN4)cc2Cl)c1. The quantitative estimate of drug-likeness (QED) is 0.276. The van der Waals surface area contributed by atoms with Gasteiger partial charge in [-0.1, -0.05) is 23.2 Å². The van der Waals surface area contributed by atoms with Crippen molar-refractivity contribution in [3.8, 4) is 11.5 Å². The van der Waals surface area contributed by atoms with E-state index in [9.17, 15) is 13.2 Å². The number of aromatic nitrogens is 2. The normalized spacial score (nSPS) is 16.2. The zero-order valence-corrected chi connectivity index (χ0v) is 27.1. The predicted octanol–water partition coefficient (Wildman–Crippen LogP) is 5.90. The molecule has 234 valence electrons. The van der Waals surface area contributed by atoms with E-state index in [4.69, 9.17) is 16.3 Å². The molecule has 44 heavy (non-hydrogen) atoms. The molecule has 2 aliphatic rings. The van der Waals surface area contributed by atoms with Gasteiger partial charge in [0.15, 0.2) is 0 Å². The zero-order chi connectivity index (χ0) is 31.5. The van der Waals surface area contributed by atoms with Crippen LogP contribution in [0.3, 0.4) is 0 Å². The average Bonchev–Trinajstić information content (AvgIpc) is 3.16. The van der Waals surface area contributed by atoms with Gasteiger partial charge >= 0.3 is 0 Å². The molecule has 0 spiro atoms. The van der Waals surface area contributed by atoms with Gasteiger partial charge in [-0.15, -0.1) is 0 Å². The van der Waals surface area contributed by atoms with Gasteiger partial charge in [-0.25, -0.2) is 18.4 Å². The second kappa shape index (κ2) is 13.1. The van der Waals surface area contributed by atoms with Crippen LogP contribution in [0.5, 0.6) is 11.5 Å². The third-order valence-corrected chi connectivity index (χ3v) is 9.52. The molecule has 0 radical (unpaired) electrons. The number of hydrogen-bond acceptors (Lipinski definition) is 9. The highest BCUT2D eigenvalue weighted by Gasteiger charge is 2.27. The van der Waals surface area contributed by atoms with E-state index in [2.05, 4.69) is 36.9 Å². The van der Waals surface area contributed by atoms with Crippen molar-refractivity contribution in [1.82, 2.24) is 20.2 Å². The summed E-state index contributed by atoms with van der Waals surface area (Å²) in [5.74, 6) is 2.16. The van der Waals surface area contributed by atoms with Crippen molar-refractivity contribution >= 4 is 50.7 Å². The van der Waals surface area contributed by atoms with Crippen LogP contribution in [0.2, 0.25) is 5.02 Å². The summed E-state index contributed by atoms with van der Waals surface area (Å²) in [4.78, 5) is 23.9. The molecular formula is C32H39ClN6O4S. The largest absolute Gasteiger partial charge is 0.456 e. The molecule has 3 N–H and O–H groups in total. The second-order valence-electron chi connectivity index (χ2n) is 12.4. The Morgan fingerprint density at radius 2 is 1.91 bits per heavy atom. The Morgan fingerprint density at radius 3 is 2.61 bits per heavy atom. The number of likely N-dealkylation sites (tertiary alicyclic amines) is 1. The van der Waals surface area contributed by atoms with E-state index in [1.165, 1.54) is 18.2 Å². The Morgan fingerprint density at radius 1 is 1.14 bits per heavy atom. The van der Waals surface area contributed by atoms with Crippen LogP contribution >= 0.6 is 11.6 Å². The van der Waals surface area contributed by atoms with Crippen molar-refractivity contribution in [2.24, 2.45) is 0 Å². The molecular weight excluding hydrogens is 600 g/mol. The first-order chi connectivity index (χ1) is 20.8. The molecule has 3 heterocycles. The van der Waals surface area contributed by atoms with Crippen molar-refractivity contribution in [3.05, 3.63) is 70.5 Å². The summed E-state index contributed by atoms with van der Waals surface area (Å²) in [6, 6.07) is 12.4. The molecule has 0 unspecified atom stereocenters. The van der Waals surface area contributed by atoms with Gasteiger partial charge in [0.2, 0.25) is 0 Å². The molecule has 0 bridgehead atoms. The lowest BCUT2D eigenvalue weighted by Crippen LogP contribution is -2.40. The number of rotatable bonds is 8. The maximum Gasteiger partial charge on any atom is 0.251 e. The van der Waals surface area contributed by atoms with Gasteiger partial charge in [-0.05, 0) is 95.6 Å². The molecule has 1 saturated heterocycles. The summed E-state index contributed by atoms with van der Waals surface area (Å²) in [5.41, 5.74) is 2.95. The first kappa shape index (κ1) is 31.7. The van der Waals surface area contributed by atoms with Gasteiger partial charge < -0.3 is 20.7 Å². The van der Waals surface area contributed by atoms with Crippen LogP contribution in [0, 0.1) is 0 Å². The number of amides is 1. The van der Waals surface area contributed by atoms with Crippen LogP contribution in [0.4, 0.5) is 17.3 Å². The molecule has 1 aromatic heterocycles. The van der Waals surface area contributed by atoms with Crippen LogP contribution in [-0.2, 0) is 9.84 Å². The summed E-state index contributed by atoms with van der Waals surface area (Å²) in [5, 5.41) is 9.88. The van der Waals surface area contributed by atoms with Gasteiger partial charge in [0.25, 0.3) is 5.91 Å². The van der Waals surface area contributed by atoms with Crippen molar-refractivity contribution in [2.75, 3.05) is 43.1 Å². The lowest BCUT2D eigenvalue weighted by Gasteiger charge is -2.31. The fourth-order valence-electron chi connectivity index (χ4n) is 5.34. The fraction of sp³-hybridized carbons (Fsp3) is 0.406. The molecule has 0 atom stereocenters. The molecule has 0 saturated carbocycles.